The second kappa shape index (κ2) is 7.02. The minimum absolute atomic E-state index is 0.00433. The van der Waals surface area contributed by atoms with Gasteiger partial charge in [-0.3, -0.25) is 9.48 Å². The molecular weight excluding hydrogens is 280 g/mol. The zero-order valence-electron chi connectivity index (χ0n) is 13.4. The molecule has 0 bridgehead atoms. The molecule has 22 heavy (non-hydrogen) atoms. The van der Waals surface area contributed by atoms with Crippen molar-refractivity contribution < 1.29 is 4.79 Å². The summed E-state index contributed by atoms with van der Waals surface area (Å²) in [5.74, 6) is 1.75. The third kappa shape index (κ3) is 3.60. The highest BCUT2D eigenvalue weighted by Gasteiger charge is 2.20. The Kier molecular flexibility index (Phi) is 5.08. The van der Waals surface area contributed by atoms with Gasteiger partial charge in [-0.1, -0.05) is 13.8 Å². The van der Waals surface area contributed by atoms with Crippen LogP contribution in [-0.2, 0) is 7.05 Å². The number of hydrogen-bond donors (Lipinski definition) is 2. The van der Waals surface area contributed by atoms with Gasteiger partial charge in [0, 0.05) is 19.8 Å². The van der Waals surface area contributed by atoms with Gasteiger partial charge in [0.25, 0.3) is 5.91 Å². The van der Waals surface area contributed by atoms with E-state index in [-0.39, 0.29) is 11.9 Å². The van der Waals surface area contributed by atoms with Crippen molar-refractivity contribution in [2.45, 2.75) is 26.8 Å². The number of hydrogen-bond acceptors (Lipinski definition) is 5. The topological polar surface area (TPSA) is 84.7 Å². The lowest BCUT2D eigenvalue weighted by Gasteiger charge is -2.22. The van der Waals surface area contributed by atoms with Crippen molar-refractivity contribution in [3.05, 3.63) is 36.0 Å². The summed E-state index contributed by atoms with van der Waals surface area (Å²) >= 11 is 0. The average molecular weight is 302 g/mol. The maximum Gasteiger partial charge on any atom is 0.252 e. The van der Waals surface area contributed by atoms with Crippen molar-refractivity contribution in [3.8, 4) is 0 Å². The van der Waals surface area contributed by atoms with Crippen LogP contribution in [0, 0.1) is 5.92 Å². The predicted octanol–water partition coefficient (Wildman–Crippen LogP) is 1.77. The van der Waals surface area contributed by atoms with Gasteiger partial charge in [0.05, 0.1) is 11.6 Å². The van der Waals surface area contributed by atoms with E-state index in [1.807, 2.05) is 14.0 Å². The van der Waals surface area contributed by atoms with Gasteiger partial charge in [0.1, 0.15) is 18.0 Å². The minimum atomic E-state index is -0.115. The van der Waals surface area contributed by atoms with Gasteiger partial charge in [-0.15, -0.1) is 0 Å². The highest BCUT2D eigenvalue weighted by molar-refractivity contribution is 5.93. The third-order valence-electron chi connectivity index (χ3n) is 3.36. The van der Waals surface area contributed by atoms with Crippen LogP contribution in [0.4, 0.5) is 5.82 Å². The highest BCUT2D eigenvalue weighted by atomic mass is 16.1. The first-order valence-electron chi connectivity index (χ1n) is 7.37. The van der Waals surface area contributed by atoms with Gasteiger partial charge < -0.3 is 10.6 Å². The van der Waals surface area contributed by atoms with E-state index in [1.54, 1.807) is 23.0 Å². The molecule has 0 aliphatic carbocycles. The highest BCUT2D eigenvalue weighted by Crippen LogP contribution is 2.23. The monoisotopic (exact) mass is 302 g/mol. The lowest BCUT2D eigenvalue weighted by Crippen LogP contribution is -2.23. The van der Waals surface area contributed by atoms with Crippen molar-refractivity contribution in [3.63, 3.8) is 0 Å². The Hall–Kier alpha value is -2.44. The van der Waals surface area contributed by atoms with Crippen LogP contribution in [0.5, 0.6) is 0 Å². The normalized spacial score (nSPS) is 12.2. The molecule has 0 saturated carbocycles. The molecule has 2 aromatic rings. The average Bonchev–Trinajstić information content (AvgIpc) is 2.91. The summed E-state index contributed by atoms with van der Waals surface area (Å²) in [6.45, 7) is 6.70. The number of amides is 1. The molecule has 1 unspecified atom stereocenters. The van der Waals surface area contributed by atoms with Crippen molar-refractivity contribution in [2.75, 3.05) is 11.9 Å². The number of anilines is 1. The van der Waals surface area contributed by atoms with E-state index >= 15 is 0 Å². The number of nitrogens with zero attached hydrogens (tertiary/aromatic N) is 4. The van der Waals surface area contributed by atoms with Crippen LogP contribution in [-0.4, -0.2) is 32.2 Å². The third-order valence-corrected chi connectivity index (χ3v) is 3.36. The molecule has 2 rings (SSSR count). The molecule has 0 fully saturated rings. The summed E-state index contributed by atoms with van der Waals surface area (Å²) in [4.78, 5) is 20.3. The summed E-state index contributed by atoms with van der Waals surface area (Å²) in [6.07, 6.45) is 3.11. The fraction of sp³-hybridized carbons (Fsp3) is 0.467. The van der Waals surface area contributed by atoms with E-state index in [0.717, 1.165) is 5.82 Å². The molecular formula is C15H22N6O. The smallest absolute Gasteiger partial charge is 0.252 e. The van der Waals surface area contributed by atoms with E-state index in [1.165, 1.54) is 6.33 Å². The van der Waals surface area contributed by atoms with Crippen LogP contribution in [0.25, 0.3) is 0 Å². The minimum Gasteiger partial charge on any atom is -0.360 e. The molecule has 0 aliphatic heterocycles. The van der Waals surface area contributed by atoms with Crippen molar-refractivity contribution in [1.82, 2.24) is 25.1 Å². The first kappa shape index (κ1) is 15.9. The van der Waals surface area contributed by atoms with Gasteiger partial charge in [-0.2, -0.15) is 5.10 Å². The van der Waals surface area contributed by atoms with E-state index in [0.29, 0.717) is 23.8 Å². The summed E-state index contributed by atoms with van der Waals surface area (Å²) in [6, 6.07) is 3.56. The molecule has 2 N–H and O–H groups in total. The van der Waals surface area contributed by atoms with Crippen LogP contribution < -0.4 is 10.6 Å². The molecule has 1 amide bonds. The van der Waals surface area contributed by atoms with Crippen molar-refractivity contribution in [2.24, 2.45) is 13.0 Å². The quantitative estimate of drug-likeness (QED) is 0.849. The molecule has 2 heterocycles. The first-order chi connectivity index (χ1) is 10.5. The number of carbonyl (C=O) groups excluding carboxylic acids is 1. The number of carbonyl (C=O) groups is 1. The Balaban J connectivity index is 2.14. The summed E-state index contributed by atoms with van der Waals surface area (Å²) in [7, 11) is 1.87. The Morgan fingerprint density at radius 1 is 1.32 bits per heavy atom. The van der Waals surface area contributed by atoms with Crippen LogP contribution in [0.15, 0.2) is 24.7 Å². The van der Waals surface area contributed by atoms with Gasteiger partial charge in [0.15, 0.2) is 0 Å². The van der Waals surface area contributed by atoms with Crippen molar-refractivity contribution >= 4 is 11.7 Å². The molecule has 0 radical (unpaired) electrons. The van der Waals surface area contributed by atoms with Crippen LogP contribution in [0.3, 0.4) is 0 Å². The van der Waals surface area contributed by atoms with Crippen LogP contribution in [0.1, 0.15) is 43.0 Å². The van der Waals surface area contributed by atoms with Crippen LogP contribution in [0.2, 0.25) is 0 Å². The number of rotatable bonds is 6. The second-order valence-corrected chi connectivity index (χ2v) is 5.40. The Bertz CT molecular complexity index is 619. The van der Waals surface area contributed by atoms with Crippen LogP contribution >= 0.6 is 0 Å². The molecule has 0 aliphatic rings. The molecule has 1 atom stereocenters. The molecule has 118 valence electrons. The van der Waals surface area contributed by atoms with E-state index in [4.69, 9.17) is 0 Å². The summed E-state index contributed by atoms with van der Waals surface area (Å²) < 4.78 is 1.75. The maximum atomic E-state index is 11.7. The fourth-order valence-corrected chi connectivity index (χ4v) is 2.15. The number of pyridine rings is 1. The largest absolute Gasteiger partial charge is 0.360 e. The van der Waals surface area contributed by atoms with Crippen molar-refractivity contribution in [1.29, 1.82) is 0 Å². The van der Waals surface area contributed by atoms with Gasteiger partial charge in [-0.25, -0.2) is 9.97 Å². The standard InChI is InChI=1S/C15H22N6O/c1-5-16-15(22)11-6-7-12(17-8-11)20-13(10(2)3)14-18-9-19-21(14)4/h6-10,13H,5H2,1-4H3,(H,16,22)(H,17,20). The lowest BCUT2D eigenvalue weighted by molar-refractivity contribution is 0.0955. The summed E-state index contributed by atoms with van der Waals surface area (Å²) in [5.41, 5.74) is 0.548. The fourth-order valence-electron chi connectivity index (χ4n) is 2.15. The molecule has 2 aromatic heterocycles. The Morgan fingerprint density at radius 2 is 2.09 bits per heavy atom. The van der Waals surface area contributed by atoms with E-state index < -0.39 is 0 Å². The van der Waals surface area contributed by atoms with Gasteiger partial charge >= 0.3 is 0 Å². The second-order valence-electron chi connectivity index (χ2n) is 5.40. The van der Waals surface area contributed by atoms with E-state index in [2.05, 4.69) is 39.5 Å². The zero-order valence-corrected chi connectivity index (χ0v) is 13.4. The zero-order chi connectivity index (χ0) is 16.1. The maximum absolute atomic E-state index is 11.7. The molecule has 0 spiro atoms. The molecule has 0 aromatic carbocycles. The number of aromatic nitrogens is 4. The number of aryl methyl sites for hydroxylation is 1. The number of nitrogens with one attached hydrogen (secondary N) is 2. The first-order valence-corrected chi connectivity index (χ1v) is 7.37. The van der Waals surface area contributed by atoms with Gasteiger partial charge in [-0.05, 0) is 25.0 Å². The SMILES string of the molecule is CCNC(=O)c1ccc(NC(c2ncnn2C)C(C)C)nc1. The van der Waals surface area contributed by atoms with Gasteiger partial charge in [0.2, 0.25) is 0 Å². The molecule has 7 nitrogen and oxygen atoms in total. The molecule has 0 saturated heterocycles. The predicted molar refractivity (Wildman–Crippen MR) is 84.4 cm³/mol. The van der Waals surface area contributed by atoms with E-state index in [9.17, 15) is 4.79 Å². The molecule has 7 heteroatoms. The summed E-state index contributed by atoms with van der Waals surface area (Å²) in [5, 5.41) is 10.2. The lowest BCUT2D eigenvalue weighted by atomic mass is 10.0. The Labute approximate surface area is 130 Å². The Morgan fingerprint density at radius 3 is 2.59 bits per heavy atom.